The van der Waals surface area contributed by atoms with E-state index in [-0.39, 0.29) is 5.91 Å². The predicted molar refractivity (Wildman–Crippen MR) is 99.1 cm³/mol. The molecule has 2 heterocycles. The van der Waals surface area contributed by atoms with E-state index in [2.05, 4.69) is 20.4 Å². The highest BCUT2D eigenvalue weighted by molar-refractivity contribution is 6.04. The smallest absolute Gasteiger partial charge is 0.257 e. The van der Waals surface area contributed by atoms with Crippen molar-refractivity contribution in [2.24, 2.45) is 0 Å². The molecule has 0 radical (unpaired) electrons. The molecule has 1 fully saturated rings. The fourth-order valence-corrected chi connectivity index (χ4v) is 2.75. The molecule has 1 saturated heterocycles. The average molecular weight is 374 g/mol. The molecule has 1 N–H and O–H groups in total. The third-order valence-corrected chi connectivity index (χ3v) is 4.15. The summed E-state index contributed by atoms with van der Waals surface area (Å²) in [6, 6.07) is 6.69. The first-order valence-electron chi connectivity index (χ1n) is 8.44. The fraction of sp³-hybridized carbons (Fsp3) is 0.389. The van der Waals surface area contributed by atoms with Crippen molar-refractivity contribution >= 4 is 17.5 Å². The molecule has 0 bridgehead atoms. The topological polar surface area (TPSA) is 95.0 Å². The number of carbonyl (C=O) groups is 1. The molecule has 0 unspecified atom stereocenters. The zero-order chi connectivity index (χ0) is 19.2. The van der Waals surface area contributed by atoms with Gasteiger partial charge in [0.15, 0.2) is 23.1 Å². The highest BCUT2D eigenvalue weighted by Crippen LogP contribution is 2.38. The molecule has 0 spiro atoms. The number of benzene rings is 1. The molecule has 9 heteroatoms. The summed E-state index contributed by atoms with van der Waals surface area (Å²) in [5.74, 6) is 1.97. The molecule has 1 aromatic heterocycles. The van der Waals surface area contributed by atoms with Gasteiger partial charge in [-0.25, -0.2) is 0 Å². The van der Waals surface area contributed by atoms with Crippen LogP contribution in [0.3, 0.4) is 0 Å². The first-order chi connectivity index (χ1) is 13.2. The normalized spacial score (nSPS) is 13.8. The second kappa shape index (κ2) is 8.54. The number of amides is 1. The molecule has 1 aliphatic rings. The lowest BCUT2D eigenvalue weighted by Crippen LogP contribution is -2.36. The van der Waals surface area contributed by atoms with Crippen LogP contribution in [0.15, 0.2) is 24.3 Å². The maximum absolute atomic E-state index is 12.6. The number of ether oxygens (including phenoxy) is 4. The molecule has 2 aromatic rings. The second-order valence-corrected chi connectivity index (χ2v) is 5.74. The SMILES string of the molecule is COc1cc(C(=O)Nc2ccc(N3CCOCC3)nn2)cc(OC)c1OC. The number of morpholine rings is 1. The van der Waals surface area contributed by atoms with Crippen molar-refractivity contribution in [3.63, 3.8) is 0 Å². The number of hydrogen-bond donors (Lipinski definition) is 1. The lowest BCUT2D eigenvalue weighted by atomic mass is 10.1. The third kappa shape index (κ3) is 4.20. The number of nitrogens with one attached hydrogen (secondary N) is 1. The Balaban J connectivity index is 1.75. The molecule has 0 aliphatic carbocycles. The van der Waals surface area contributed by atoms with Gasteiger partial charge in [-0.05, 0) is 24.3 Å². The van der Waals surface area contributed by atoms with Crippen LogP contribution in [0.2, 0.25) is 0 Å². The third-order valence-electron chi connectivity index (χ3n) is 4.15. The van der Waals surface area contributed by atoms with Gasteiger partial charge in [-0.15, -0.1) is 10.2 Å². The summed E-state index contributed by atoms with van der Waals surface area (Å²) >= 11 is 0. The van der Waals surface area contributed by atoms with Crippen LogP contribution in [-0.2, 0) is 4.74 Å². The summed E-state index contributed by atoms with van der Waals surface area (Å²) < 4.78 is 21.1. The predicted octanol–water partition coefficient (Wildman–Crippen LogP) is 1.59. The number of rotatable bonds is 6. The van der Waals surface area contributed by atoms with Gasteiger partial charge in [0.25, 0.3) is 5.91 Å². The number of methoxy groups -OCH3 is 3. The van der Waals surface area contributed by atoms with Gasteiger partial charge in [-0.3, -0.25) is 4.79 Å². The van der Waals surface area contributed by atoms with Crippen LogP contribution in [0.25, 0.3) is 0 Å². The van der Waals surface area contributed by atoms with E-state index in [1.807, 2.05) is 6.07 Å². The summed E-state index contributed by atoms with van der Waals surface area (Å²) in [6.45, 7) is 2.88. The molecule has 3 rings (SSSR count). The van der Waals surface area contributed by atoms with E-state index in [1.54, 1.807) is 18.2 Å². The lowest BCUT2D eigenvalue weighted by molar-refractivity contribution is 0.102. The highest BCUT2D eigenvalue weighted by atomic mass is 16.5. The van der Waals surface area contributed by atoms with Gasteiger partial charge in [-0.2, -0.15) is 0 Å². The van der Waals surface area contributed by atoms with Crippen molar-refractivity contribution in [1.29, 1.82) is 0 Å². The van der Waals surface area contributed by atoms with Crippen LogP contribution >= 0.6 is 0 Å². The molecule has 0 atom stereocenters. The molecular formula is C18H22N4O5. The minimum atomic E-state index is -0.359. The van der Waals surface area contributed by atoms with E-state index >= 15 is 0 Å². The largest absolute Gasteiger partial charge is 0.493 e. The molecule has 9 nitrogen and oxygen atoms in total. The Labute approximate surface area is 157 Å². The van der Waals surface area contributed by atoms with Crippen LogP contribution in [0.5, 0.6) is 17.2 Å². The molecule has 144 valence electrons. The first-order valence-corrected chi connectivity index (χ1v) is 8.44. The van der Waals surface area contributed by atoms with Gasteiger partial charge in [-0.1, -0.05) is 0 Å². The van der Waals surface area contributed by atoms with Gasteiger partial charge < -0.3 is 29.2 Å². The molecule has 0 saturated carbocycles. The molecule has 1 amide bonds. The van der Waals surface area contributed by atoms with Crippen LogP contribution in [0.1, 0.15) is 10.4 Å². The van der Waals surface area contributed by atoms with Crippen LogP contribution in [-0.4, -0.2) is 63.7 Å². The number of nitrogens with zero attached hydrogens (tertiary/aromatic N) is 3. The van der Waals surface area contributed by atoms with Crippen molar-refractivity contribution in [3.05, 3.63) is 29.8 Å². The molecular weight excluding hydrogens is 352 g/mol. The Bertz CT molecular complexity index is 766. The van der Waals surface area contributed by atoms with Crippen molar-refractivity contribution in [3.8, 4) is 17.2 Å². The Hall–Kier alpha value is -3.07. The minimum absolute atomic E-state index is 0.351. The van der Waals surface area contributed by atoms with E-state index < -0.39 is 0 Å². The minimum Gasteiger partial charge on any atom is -0.493 e. The first kappa shape index (κ1) is 18.7. The summed E-state index contributed by atoms with van der Waals surface area (Å²) in [5, 5.41) is 11.0. The zero-order valence-corrected chi connectivity index (χ0v) is 15.5. The van der Waals surface area contributed by atoms with Crippen LogP contribution in [0.4, 0.5) is 11.6 Å². The van der Waals surface area contributed by atoms with Crippen molar-refractivity contribution < 1.29 is 23.7 Å². The summed E-state index contributed by atoms with van der Waals surface area (Å²) in [7, 11) is 4.50. The van der Waals surface area contributed by atoms with Crippen LogP contribution in [0, 0.1) is 0 Å². The maximum atomic E-state index is 12.6. The Morgan fingerprint density at radius 1 is 1.04 bits per heavy atom. The van der Waals surface area contributed by atoms with Crippen molar-refractivity contribution in [2.45, 2.75) is 0 Å². The van der Waals surface area contributed by atoms with E-state index in [4.69, 9.17) is 18.9 Å². The average Bonchev–Trinajstić information content (AvgIpc) is 2.73. The fourth-order valence-electron chi connectivity index (χ4n) is 2.75. The zero-order valence-electron chi connectivity index (χ0n) is 15.5. The number of aromatic nitrogens is 2. The van der Waals surface area contributed by atoms with E-state index in [1.165, 1.54) is 21.3 Å². The number of anilines is 2. The number of carbonyl (C=O) groups excluding carboxylic acids is 1. The van der Waals surface area contributed by atoms with Gasteiger partial charge in [0.1, 0.15) is 0 Å². The van der Waals surface area contributed by atoms with Gasteiger partial charge in [0.05, 0.1) is 34.5 Å². The standard InChI is InChI=1S/C18H22N4O5/c1-24-13-10-12(11-14(25-2)17(13)26-3)18(23)19-15-4-5-16(21-20-15)22-6-8-27-9-7-22/h4-5,10-11H,6-9H2,1-3H3,(H,19,20,23). The summed E-state index contributed by atoms with van der Waals surface area (Å²) in [6.07, 6.45) is 0. The van der Waals surface area contributed by atoms with E-state index in [0.717, 1.165) is 18.9 Å². The Morgan fingerprint density at radius 3 is 2.22 bits per heavy atom. The molecule has 1 aromatic carbocycles. The van der Waals surface area contributed by atoms with Crippen molar-refractivity contribution in [2.75, 3.05) is 57.8 Å². The highest BCUT2D eigenvalue weighted by Gasteiger charge is 2.18. The summed E-state index contributed by atoms with van der Waals surface area (Å²) in [4.78, 5) is 14.7. The Kier molecular flexibility index (Phi) is 5.92. The quantitative estimate of drug-likeness (QED) is 0.815. The Morgan fingerprint density at radius 2 is 1.70 bits per heavy atom. The monoisotopic (exact) mass is 374 g/mol. The number of hydrogen-bond acceptors (Lipinski definition) is 8. The van der Waals surface area contributed by atoms with Crippen LogP contribution < -0.4 is 24.4 Å². The van der Waals surface area contributed by atoms with E-state index in [0.29, 0.717) is 41.8 Å². The van der Waals surface area contributed by atoms with Gasteiger partial charge >= 0.3 is 0 Å². The second-order valence-electron chi connectivity index (χ2n) is 5.74. The maximum Gasteiger partial charge on any atom is 0.257 e. The molecule has 1 aliphatic heterocycles. The summed E-state index contributed by atoms with van der Waals surface area (Å²) in [5.41, 5.74) is 0.351. The van der Waals surface area contributed by atoms with Crippen molar-refractivity contribution in [1.82, 2.24) is 10.2 Å². The molecule has 27 heavy (non-hydrogen) atoms. The lowest BCUT2D eigenvalue weighted by Gasteiger charge is -2.27. The van der Waals surface area contributed by atoms with Gasteiger partial charge in [0.2, 0.25) is 5.75 Å². The van der Waals surface area contributed by atoms with E-state index in [9.17, 15) is 4.79 Å². The van der Waals surface area contributed by atoms with Gasteiger partial charge in [0, 0.05) is 18.7 Å².